The lowest BCUT2D eigenvalue weighted by molar-refractivity contribution is -0.143. The van der Waals surface area contributed by atoms with Crippen molar-refractivity contribution in [2.45, 2.75) is 19.8 Å². The second-order valence-electron chi connectivity index (χ2n) is 4.66. The number of amides is 2. The summed E-state index contributed by atoms with van der Waals surface area (Å²) in [6, 6.07) is -0.394. The minimum absolute atomic E-state index is 0.0524. The maximum atomic E-state index is 11.7. The number of carboxylic acids is 2. The van der Waals surface area contributed by atoms with Crippen LogP contribution in [0.15, 0.2) is 0 Å². The smallest absolute Gasteiger partial charge is 0.317 e. The zero-order valence-corrected chi connectivity index (χ0v) is 10.3. The van der Waals surface area contributed by atoms with Gasteiger partial charge in [0.15, 0.2) is 0 Å². The van der Waals surface area contributed by atoms with Crippen molar-refractivity contribution < 1.29 is 24.6 Å². The van der Waals surface area contributed by atoms with Crippen molar-refractivity contribution in [3.05, 3.63) is 0 Å². The zero-order chi connectivity index (χ0) is 13.7. The van der Waals surface area contributed by atoms with Gasteiger partial charge in [-0.25, -0.2) is 4.79 Å². The quantitative estimate of drug-likeness (QED) is 0.668. The van der Waals surface area contributed by atoms with E-state index in [-0.39, 0.29) is 25.4 Å². The van der Waals surface area contributed by atoms with Crippen LogP contribution in [0.25, 0.3) is 0 Å². The fourth-order valence-electron chi connectivity index (χ4n) is 2.08. The minimum Gasteiger partial charge on any atom is -0.481 e. The molecule has 2 atom stereocenters. The summed E-state index contributed by atoms with van der Waals surface area (Å²) in [5, 5.41) is 19.9. The van der Waals surface area contributed by atoms with Gasteiger partial charge >= 0.3 is 18.0 Å². The Labute approximate surface area is 105 Å². The molecule has 1 aliphatic heterocycles. The molecule has 1 heterocycles. The molecule has 7 heteroatoms. The summed E-state index contributed by atoms with van der Waals surface area (Å²) < 4.78 is 0. The highest BCUT2D eigenvalue weighted by Gasteiger charge is 2.31. The molecule has 1 aliphatic rings. The molecule has 102 valence electrons. The second kappa shape index (κ2) is 6.23. The molecule has 0 saturated carbocycles. The van der Waals surface area contributed by atoms with E-state index >= 15 is 0 Å². The Bertz CT molecular complexity index is 344. The number of piperidine rings is 1. The molecular formula is C11H18N2O5. The maximum absolute atomic E-state index is 11.7. The monoisotopic (exact) mass is 258 g/mol. The molecule has 0 spiro atoms. The second-order valence-corrected chi connectivity index (χ2v) is 4.66. The molecule has 1 rings (SSSR count). The molecule has 7 nitrogen and oxygen atoms in total. The molecular weight excluding hydrogens is 240 g/mol. The summed E-state index contributed by atoms with van der Waals surface area (Å²) in [4.78, 5) is 34.4. The molecule has 1 fully saturated rings. The van der Waals surface area contributed by atoms with Crippen LogP contribution in [0.2, 0.25) is 0 Å². The van der Waals surface area contributed by atoms with Crippen LogP contribution in [0.5, 0.6) is 0 Å². The number of hydrogen-bond acceptors (Lipinski definition) is 3. The highest BCUT2D eigenvalue weighted by molar-refractivity contribution is 5.77. The first-order valence-corrected chi connectivity index (χ1v) is 5.87. The zero-order valence-electron chi connectivity index (χ0n) is 10.3. The maximum Gasteiger partial charge on any atom is 0.317 e. The van der Waals surface area contributed by atoms with E-state index in [0.29, 0.717) is 13.0 Å². The van der Waals surface area contributed by atoms with Crippen molar-refractivity contribution in [1.82, 2.24) is 10.2 Å². The molecule has 0 bridgehead atoms. The lowest BCUT2D eigenvalue weighted by Crippen LogP contribution is -2.49. The van der Waals surface area contributed by atoms with Gasteiger partial charge in [0.1, 0.15) is 0 Å². The van der Waals surface area contributed by atoms with Gasteiger partial charge in [-0.1, -0.05) is 6.92 Å². The number of urea groups is 1. The van der Waals surface area contributed by atoms with Crippen LogP contribution in [-0.4, -0.2) is 52.7 Å². The van der Waals surface area contributed by atoms with Crippen molar-refractivity contribution in [1.29, 1.82) is 0 Å². The number of carbonyl (C=O) groups is 3. The van der Waals surface area contributed by atoms with Crippen molar-refractivity contribution in [2.75, 3.05) is 19.6 Å². The van der Waals surface area contributed by atoms with E-state index in [1.807, 2.05) is 6.92 Å². The Morgan fingerprint density at radius 2 is 1.94 bits per heavy atom. The predicted molar refractivity (Wildman–Crippen MR) is 62.1 cm³/mol. The topological polar surface area (TPSA) is 107 Å². The van der Waals surface area contributed by atoms with Gasteiger partial charge in [0.2, 0.25) is 0 Å². The normalized spacial score (nSPS) is 23.5. The SMILES string of the molecule is CC1CC(C(=O)O)CN(C(=O)NCCC(=O)O)C1. The fourth-order valence-corrected chi connectivity index (χ4v) is 2.08. The Morgan fingerprint density at radius 3 is 2.50 bits per heavy atom. The molecule has 0 aliphatic carbocycles. The standard InChI is InChI=1S/C11H18N2O5/c1-7-4-8(10(16)17)6-13(5-7)11(18)12-3-2-9(14)15/h7-8H,2-6H2,1H3,(H,12,18)(H,14,15)(H,16,17). The summed E-state index contributed by atoms with van der Waals surface area (Å²) in [7, 11) is 0. The largest absolute Gasteiger partial charge is 0.481 e. The average Bonchev–Trinajstić information content (AvgIpc) is 2.27. The van der Waals surface area contributed by atoms with E-state index in [0.717, 1.165) is 0 Å². The molecule has 18 heavy (non-hydrogen) atoms. The lowest BCUT2D eigenvalue weighted by atomic mass is 9.91. The average molecular weight is 258 g/mol. The Hall–Kier alpha value is -1.79. The third kappa shape index (κ3) is 4.23. The van der Waals surface area contributed by atoms with E-state index < -0.39 is 23.9 Å². The Morgan fingerprint density at radius 1 is 1.28 bits per heavy atom. The lowest BCUT2D eigenvalue weighted by Gasteiger charge is -2.34. The van der Waals surface area contributed by atoms with E-state index in [4.69, 9.17) is 10.2 Å². The third-order valence-electron chi connectivity index (χ3n) is 2.91. The number of likely N-dealkylation sites (tertiary alicyclic amines) is 1. The van der Waals surface area contributed by atoms with E-state index in [9.17, 15) is 14.4 Å². The molecule has 0 radical (unpaired) electrons. The first kappa shape index (κ1) is 14.3. The van der Waals surface area contributed by atoms with Crippen LogP contribution in [0.4, 0.5) is 4.79 Å². The number of nitrogens with one attached hydrogen (secondary N) is 1. The van der Waals surface area contributed by atoms with Gasteiger partial charge in [-0.15, -0.1) is 0 Å². The molecule has 3 N–H and O–H groups in total. The van der Waals surface area contributed by atoms with Crippen LogP contribution >= 0.6 is 0 Å². The van der Waals surface area contributed by atoms with Gasteiger partial charge in [0.05, 0.1) is 12.3 Å². The van der Waals surface area contributed by atoms with Crippen LogP contribution in [-0.2, 0) is 9.59 Å². The first-order chi connectivity index (χ1) is 8.40. The molecule has 1 saturated heterocycles. The van der Waals surface area contributed by atoms with Crippen molar-refractivity contribution in [2.24, 2.45) is 11.8 Å². The third-order valence-corrected chi connectivity index (χ3v) is 2.91. The van der Waals surface area contributed by atoms with E-state index in [1.54, 1.807) is 0 Å². The number of hydrogen-bond donors (Lipinski definition) is 3. The van der Waals surface area contributed by atoms with Crippen molar-refractivity contribution >= 4 is 18.0 Å². The molecule has 0 aromatic carbocycles. The van der Waals surface area contributed by atoms with Gasteiger partial charge in [-0.3, -0.25) is 9.59 Å². The van der Waals surface area contributed by atoms with Gasteiger partial charge in [0, 0.05) is 19.6 Å². The van der Waals surface area contributed by atoms with Crippen molar-refractivity contribution in [3.63, 3.8) is 0 Å². The van der Waals surface area contributed by atoms with Crippen LogP contribution in [0.1, 0.15) is 19.8 Å². The first-order valence-electron chi connectivity index (χ1n) is 5.87. The van der Waals surface area contributed by atoms with Crippen molar-refractivity contribution in [3.8, 4) is 0 Å². The Balaban J connectivity index is 2.46. The number of carboxylic acid groups (broad SMARTS) is 2. The van der Waals surface area contributed by atoms with Gasteiger partial charge in [-0.2, -0.15) is 0 Å². The fraction of sp³-hybridized carbons (Fsp3) is 0.727. The highest BCUT2D eigenvalue weighted by atomic mass is 16.4. The van der Waals surface area contributed by atoms with E-state index in [2.05, 4.69) is 5.32 Å². The summed E-state index contributed by atoms with van der Waals surface area (Å²) in [5.41, 5.74) is 0. The number of carbonyl (C=O) groups excluding carboxylic acids is 1. The number of rotatable bonds is 4. The van der Waals surface area contributed by atoms with Crippen LogP contribution in [0.3, 0.4) is 0 Å². The highest BCUT2D eigenvalue weighted by Crippen LogP contribution is 2.21. The molecule has 0 aromatic rings. The summed E-state index contributed by atoms with van der Waals surface area (Å²) in [6.07, 6.45) is 0.422. The van der Waals surface area contributed by atoms with Gasteiger partial charge in [-0.05, 0) is 12.3 Å². The number of nitrogens with zero attached hydrogens (tertiary/aromatic N) is 1. The molecule has 2 unspecified atom stereocenters. The Kier molecular flexibility index (Phi) is 4.94. The molecule has 2 amide bonds. The molecule has 0 aromatic heterocycles. The minimum atomic E-state index is -0.981. The van der Waals surface area contributed by atoms with Gasteiger partial charge < -0.3 is 20.4 Å². The summed E-state index contributed by atoms with van der Waals surface area (Å²) in [5.74, 6) is -2.29. The number of aliphatic carboxylic acids is 2. The summed E-state index contributed by atoms with van der Waals surface area (Å²) in [6.45, 7) is 2.63. The van der Waals surface area contributed by atoms with Crippen LogP contribution in [0, 0.1) is 11.8 Å². The van der Waals surface area contributed by atoms with Crippen LogP contribution < -0.4 is 5.32 Å². The summed E-state index contributed by atoms with van der Waals surface area (Å²) >= 11 is 0. The predicted octanol–water partition coefficient (Wildman–Crippen LogP) is 0.213. The van der Waals surface area contributed by atoms with Gasteiger partial charge in [0.25, 0.3) is 0 Å². The van der Waals surface area contributed by atoms with E-state index in [1.165, 1.54) is 4.90 Å².